The predicted octanol–water partition coefficient (Wildman–Crippen LogP) is 4.44. The number of carbonyl (C=O) groups is 4. The lowest BCUT2D eigenvalue weighted by molar-refractivity contribution is 0.0390. The first kappa shape index (κ1) is 17.3. The van der Waals surface area contributed by atoms with Crippen LogP contribution in [0.1, 0.15) is 41.4 Å². The Bertz CT molecular complexity index is 1580. The summed E-state index contributed by atoms with van der Waals surface area (Å²) in [4.78, 5) is 48.4. The third kappa shape index (κ3) is 2.02. The monoisotopic (exact) mass is 410 g/mol. The van der Waals surface area contributed by atoms with Crippen LogP contribution in [-0.4, -0.2) is 34.1 Å². The summed E-state index contributed by atoms with van der Waals surface area (Å²) in [5.74, 6) is -3.90. The summed E-state index contributed by atoms with van der Waals surface area (Å²) >= 11 is 0. The number of carbonyl (C=O) groups excluding carboxylic acids is 2. The maximum absolute atomic E-state index is 12.3. The number of ether oxygens (including phenoxy) is 1. The molecule has 1 heterocycles. The lowest BCUT2D eigenvalue weighted by Gasteiger charge is -2.21. The van der Waals surface area contributed by atoms with E-state index in [1.807, 2.05) is 0 Å². The number of cyclic esters (lactones) is 2. The maximum atomic E-state index is 12.3. The summed E-state index contributed by atoms with van der Waals surface area (Å²) in [7, 11) is 0. The van der Waals surface area contributed by atoms with Gasteiger partial charge in [0, 0.05) is 10.8 Å². The van der Waals surface area contributed by atoms with Crippen LogP contribution >= 0.6 is 0 Å². The van der Waals surface area contributed by atoms with Crippen LogP contribution in [0.25, 0.3) is 43.1 Å². The van der Waals surface area contributed by atoms with Crippen LogP contribution in [0.5, 0.6) is 0 Å². The average molecular weight is 410 g/mol. The highest BCUT2D eigenvalue weighted by Gasteiger charge is 2.30. The molecule has 6 rings (SSSR count). The summed E-state index contributed by atoms with van der Waals surface area (Å²) < 4.78 is 4.84. The standard InChI is InChI=1S/C24H10O7/c25-21(26)13-5-1-9-11-3-7-15-20-16(24(30)31-23(15)29)8-4-12(18(11)20)10-2-6-14(22(27)28)19(13)17(9)10/h1-8H,(H,25,26)(H,27,28). The van der Waals surface area contributed by atoms with Gasteiger partial charge in [0.05, 0.1) is 22.3 Å². The molecule has 0 aromatic heterocycles. The molecule has 5 aromatic rings. The zero-order chi connectivity index (χ0) is 21.6. The predicted molar refractivity (Wildman–Crippen MR) is 111 cm³/mol. The summed E-state index contributed by atoms with van der Waals surface area (Å²) in [6.45, 7) is 0. The van der Waals surface area contributed by atoms with Crippen molar-refractivity contribution in [3.8, 4) is 0 Å². The van der Waals surface area contributed by atoms with Gasteiger partial charge >= 0.3 is 23.9 Å². The van der Waals surface area contributed by atoms with Gasteiger partial charge in [-0.2, -0.15) is 0 Å². The minimum atomic E-state index is -1.23. The van der Waals surface area contributed by atoms with Gasteiger partial charge in [0.15, 0.2) is 0 Å². The van der Waals surface area contributed by atoms with Crippen molar-refractivity contribution < 1.29 is 34.1 Å². The largest absolute Gasteiger partial charge is 0.478 e. The number of hydrogen-bond acceptors (Lipinski definition) is 5. The molecule has 0 fully saturated rings. The van der Waals surface area contributed by atoms with Crippen molar-refractivity contribution in [3.63, 3.8) is 0 Å². The Morgan fingerprint density at radius 1 is 0.548 bits per heavy atom. The topological polar surface area (TPSA) is 118 Å². The van der Waals surface area contributed by atoms with Gasteiger partial charge in [-0.1, -0.05) is 24.3 Å². The molecule has 0 amide bonds. The van der Waals surface area contributed by atoms with Crippen LogP contribution in [-0.2, 0) is 4.74 Å². The average Bonchev–Trinajstić information content (AvgIpc) is 2.75. The van der Waals surface area contributed by atoms with Crippen LogP contribution in [0.3, 0.4) is 0 Å². The fourth-order valence-electron chi connectivity index (χ4n) is 4.78. The second kappa shape index (κ2) is 5.54. The summed E-state index contributed by atoms with van der Waals surface area (Å²) in [5, 5.41) is 23.9. The molecule has 0 radical (unpaired) electrons. The smallest absolute Gasteiger partial charge is 0.346 e. The highest BCUT2D eigenvalue weighted by molar-refractivity contribution is 6.39. The highest BCUT2D eigenvalue weighted by atomic mass is 16.6. The van der Waals surface area contributed by atoms with Crippen molar-refractivity contribution >= 4 is 67.0 Å². The zero-order valence-electron chi connectivity index (χ0n) is 15.6. The lowest BCUT2D eigenvalue weighted by atomic mass is 9.84. The minimum absolute atomic E-state index is 0.106. The number of carboxylic acid groups (broad SMARTS) is 2. The Labute approximate surface area is 172 Å². The van der Waals surface area contributed by atoms with Gasteiger partial charge in [-0.25, -0.2) is 19.2 Å². The van der Waals surface area contributed by atoms with E-state index in [1.165, 1.54) is 12.1 Å². The number of rotatable bonds is 2. The number of carboxylic acids is 2. The van der Waals surface area contributed by atoms with E-state index in [0.29, 0.717) is 37.7 Å². The second-order valence-corrected chi connectivity index (χ2v) is 7.43. The molecular weight excluding hydrogens is 400 g/mol. The molecule has 2 N–H and O–H groups in total. The Balaban J connectivity index is 1.96. The van der Waals surface area contributed by atoms with Crippen molar-refractivity contribution in [1.29, 1.82) is 0 Å². The minimum Gasteiger partial charge on any atom is -0.478 e. The van der Waals surface area contributed by atoms with E-state index < -0.39 is 23.9 Å². The van der Waals surface area contributed by atoms with Crippen LogP contribution in [0.15, 0.2) is 48.5 Å². The molecule has 0 unspecified atom stereocenters. The van der Waals surface area contributed by atoms with Gasteiger partial charge in [0.2, 0.25) is 0 Å². The van der Waals surface area contributed by atoms with Gasteiger partial charge < -0.3 is 14.9 Å². The molecule has 0 saturated heterocycles. The molecule has 0 aliphatic carbocycles. The van der Waals surface area contributed by atoms with Crippen LogP contribution < -0.4 is 0 Å². The first-order chi connectivity index (χ1) is 14.9. The third-order valence-corrected chi connectivity index (χ3v) is 5.99. The SMILES string of the molecule is O=C(O)c1ccc2c3ccc4c5c(ccc(c6ccc(C(=O)O)c1c26)c53)C(=O)OC4=O. The Kier molecular flexibility index (Phi) is 3.10. The zero-order valence-corrected chi connectivity index (χ0v) is 15.6. The molecule has 0 saturated carbocycles. The van der Waals surface area contributed by atoms with Crippen LogP contribution in [0, 0.1) is 0 Å². The van der Waals surface area contributed by atoms with Crippen molar-refractivity contribution in [2.45, 2.75) is 0 Å². The van der Waals surface area contributed by atoms with Crippen molar-refractivity contribution in [2.24, 2.45) is 0 Å². The van der Waals surface area contributed by atoms with Crippen molar-refractivity contribution in [2.75, 3.05) is 0 Å². The molecule has 0 bridgehead atoms. The van der Waals surface area contributed by atoms with Gasteiger partial charge in [0.25, 0.3) is 0 Å². The fraction of sp³-hybridized carbons (Fsp3) is 0. The van der Waals surface area contributed by atoms with E-state index in [0.717, 1.165) is 0 Å². The molecule has 5 aromatic carbocycles. The summed E-state index contributed by atoms with van der Waals surface area (Å²) in [6, 6.07) is 12.6. The van der Waals surface area contributed by atoms with Crippen molar-refractivity contribution in [1.82, 2.24) is 0 Å². The quantitative estimate of drug-likeness (QED) is 0.191. The first-order valence-electron chi connectivity index (χ1n) is 9.31. The molecule has 1 aliphatic heterocycles. The number of hydrogen-bond donors (Lipinski definition) is 2. The highest BCUT2D eigenvalue weighted by Crippen LogP contribution is 2.44. The first-order valence-corrected chi connectivity index (χ1v) is 9.31. The van der Waals surface area contributed by atoms with Crippen molar-refractivity contribution in [3.05, 3.63) is 70.8 Å². The second-order valence-electron chi connectivity index (χ2n) is 7.43. The Morgan fingerprint density at radius 2 is 0.935 bits per heavy atom. The van der Waals surface area contributed by atoms with E-state index in [1.54, 1.807) is 36.4 Å². The van der Waals surface area contributed by atoms with E-state index in [4.69, 9.17) is 4.74 Å². The Hall–Kier alpha value is -4.52. The normalized spacial score (nSPS) is 13.4. The molecule has 148 valence electrons. The fourth-order valence-corrected chi connectivity index (χ4v) is 4.78. The Morgan fingerprint density at radius 3 is 1.35 bits per heavy atom. The van der Waals surface area contributed by atoms with Gasteiger partial charge in [-0.3, -0.25) is 0 Å². The molecule has 0 spiro atoms. The van der Waals surface area contributed by atoms with Crippen LogP contribution in [0.2, 0.25) is 0 Å². The molecule has 1 aliphatic rings. The van der Waals surface area contributed by atoms with E-state index in [-0.39, 0.29) is 27.6 Å². The number of aromatic carboxylic acids is 2. The molecule has 31 heavy (non-hydrogen) atoms. The van der Waals surface area contributed by atoms with Gasteiger partial charge in [-0.05, 0) is 56.6 Å². The number of esters is 2. The molecule has 0 atom stereocenters. The molecule has 7 nitrogen and oxygen atoms in total. The van der Waals surface area contributed by atoms with E-state index in [2.05, 4.69) is 0 Å². The summed E-state index contributed by atoms with van der Waals surface area (Å²) in [6.07, 6.45) is 0. The maximum Gasteiger partial charge on any atom is 0.346 e. The van der Waals surface area contributed by atoms with E-state index >= 15 is 0 Å². The molecule has 7 heteroatoms. The molecular formula is C24H10O7. The van der Waals surface area contributed by atoms with Gasteiger partial charge in [-0.15, -0.1) is 0 Å². The third-order valence-electron chi connectivity index (χ3n) is 5.99. The number of benzene rings is 5. The summed E-state index contributed by atoms with van der Waals surface area (Å²) in [5.41, 5.74) is 0.343. The van der Waals surface area contributed by atoms with Gasteiger partial charge in [0.1, 0.15) is 0 Å². The van der Waals surface area contributed by atoms with Crippen LogP contribution in [0.4, 0.5) is 0 Å². The lowest BCUT2D eigenvalue weighted by Crippen LogP contribution is -2.19. The van der Waals surface area contributed by atoms with E-state index in [9.17, 15) is 29.4 Å². The number of fused-ring (bicyclic) bond motifs is 2.